The van der Waals surface area contributed by atoms with Crippen molar-refractivity contribution in [2.45, 2.75) is 19.8 Å². The predicted octanol–water partition coefficient (Wildman–Crippen LogP) is 3.39. The molecule has 2 rings (SSSR count). The van der Waals surface area contributed by atoms with Crippen LogP contribution in [0.1, 0.15) is 25.3 Å². The number of likely N-dealkylation sites (tertiary alicyclic amines) is 1. The quantitative estimate of drug-likeness (QED) is 0.415. The highest BCUT2D eigenvalue weighted by atomic mass is 79.9. The summed E-state index contributed by atoms with van der Waals surface area (Å²) in [6.45, 7) is 3.82. The van der Waals surface area contributed by atoms with Crippen LogP contribution in [0.15, 0.2) is 22.2 Å². The molecule has 0 saturated carbocycles. The fourth-order valence-electron chi connectivity index (χ4n) is 2.59. The highest BCUT2D eigenvalue weighted by Crippen LogP contribution is 2.37. The van der Waals surface area contributed by atoms with E-state index in [9.17, 15) is 10.1 Å². The monoisotopic (exact) mass is 402 g/mol. The summed E-state index contributed by atoms with van der Waals surface area (Å²) < 4.78 is 11.8. The number of rotatable bonds is 6. The van der Waals surface area contributed by atoms with Gasteiger partial charge in [-0.15, -0.1) is 6.42 Å². The van der Waals surface area contributed by atoms with Gasteiger partial charge in [0.1, 0.15) is 18.2 Å². The van der Waals surface area contributed by atoms with E-state index in [1.165, 1.54) is 0 Å². The summed E-state index contributed by atoms with van der Waals surface area (Å²) in [6.07, 6.45) is 8.76. The van der Waals surface area contributed by atoms with Crippen LogP contribution in [0.3, 0.4) is 0 Å². The Bertz CT molecular complexity index is 753. The zero-order chi connectivity index (χ0) is 18.2. The van der Waals surface area contributed by atoms with Crippen LogP contribution in [-0.4, -0.2) is 37.1 Å². The van der Waals surface area contributed by atoms with E-state index in [4.69, 9.17) is 15.9 Å². The van der Waals surface area contributed by atoms with Crippen molar-refractivity contribution in [1.82, 2.24) is 4.90 Å². The first-order valence-corrected chi connectivity index (χ1v) is 8.83. The molecule has 1 aromatic carbocycles. The van der Waals surface area contributed by atoms with Gasteiger partial charge >= 0.3 is 0 Å². The maximum Gasteiger partial charge on any atom is 0.264 e. The molecule has 5 nitrogen and oxygen atoms in total. The molecule has 0 bridgehead atoms. The van der Waals surface area contributed by atoms with Crippen LogP contribution in [0.25, 0.3) is 6.08 Å². The van der Waals surface area contributed by atoms with Crippen LogP contribution in [0.2, 0.25) is 0 Å². The van der Waals surface area contributed by atoms with Gasteiger partial charge in [0.25, 0.3) is 5.91 Å². The number of benzene rings is 1. The number of halogens is 1. The van der Waals surface area contributed by atoms with E-state index in [1.807, 2.05) is 13.0 Å². The molecule has 0 aliphatic carbocycles. The van der Waals surface area contributed by atoms with E-state index in [0.29, 0.717) is 41.2 Å². The lowest BCUT2D eigenvalue weighted by Crippen LogP contribution is -2.28. The molecule has 1 fully saturated rings. The summed E-state index contributed by atoms with van der Waals surface area (Å²) in [5.74, 6) is 3.18. The molecular weight excluding hydrogens is 384 g/mol. The van der Waals surface area contributed by atoms with Crippen LogP contribution < -0.4 is 9.47 Å². The smallest absolute Gasteiger partial charge is 0.264 e. The van der Waals surface area contributed by atoms with Gasteiger partial charge in [0.15, 0.2) is 11.5 Å². The SMILES string of the molecule is C#CCOc1c(Br)cc(/C=C(\C#N)C(=O)N2CCCC2)cc1OCC. The molecule has 0 radical (unpaired) electrons. The number of carbonyl (C=O) groups excluding carboxylic acids is 1. The third-order valence-corrected chi connectivity index (χ3v) is 4.28. The van der Waals surface area contributed by atoms with E-state index < -0.39 is 0 Å². The second kappa shape index (κ2) is 9.15. The lowest BCUT2D eigenvalue weighted by molar-refractivity contribution is -0.125. The van der Waals surface area contributed by atoms with Gasteiger partial charge in [-0.2, -0.15) is 5.26 Å². The second-order valence-electron chi connectivity index (χ2n) is 5.42. The van der Waals surface area contributed by atoms with Gasteiger partial charge in [-0.3, -0.25) is 4.79 Å². The zero-order valence-corrected chi connectivity index (χ0v) is 15.6. The molecule has 0 unspecified atom stereocenters. The lowest BCUT2D eigenvalue weighted by atomic mass is 10.1. The summed E-state index contributed by atoms with van der Waals surface area (Å²) in [4.78, 5) is 14.1. The Kier molecular flexibility index (Phi) is 6.91. The van der Waals surface area contributed by atoms with Gasteiger partial charge in [0.2, 0.25) is 0 Å². The highest BCUT2D eigenvalue weighted by molar-refractivity contribution is 9.10. The molecule has 0 aromatic heterocycles. The number of ether oxygens (including phenoxy) is 2. The topological polar surface area (TPSA) is 62.6 Å². The maximum absolute atomic E-state index is 12.4. The lowest BCUT2D eigenvalue weighted by Gasteiger charge is -2.15. The molecular formula is C19H19BrN2O3. The number of terminal acetylenes is 1. The summed E-state index contributed by atoms with van der Waals surface area (Å²) in [5.41, 5.74) is 0.779. The summed E-state index contributed by atoms with van der Waals surface area (Å²) >= 11 is 3.43. The van der Waals surface area contributed by atoms with Crippen molar-refractivity contribution in [3.63, 3.8) is 0 Å². The number of nitrogens with zero attached hydrogens (tertiary/aromatic N) is 2. The first-order valence-electron chi connectivity index (χ1n) is 8.04. The van der Waals surface area contributed by atoms with Gasteiger partial charge in [0.05, 0.1) is 11.1 Å². The molecule has 1 aliphatic heterocycles. The van der Waals surface area contributed by atoms with Gasteiger partial charge in [-0.25, -0.2) is 0 Å². The number of hydrogen-bond donors (Lipinski definition) is 0. The van der Waals surface area contributed by atoms with Crippen LogP contribution >= 0.6 is 15.9 Å². The van der Waals surface area contributed by atoms with Gasteiger partial charge < -0.3 is 14.4 Å². The maximum atomic E-state index is 12.4. The average molecular weight is 403 g/mol. The van der Waals surface area contributed by atoms with Crippen LogP contribution in [0.4, 0.5) is 0 Å². The van der Waals surface area contributed by atoms with Crippen molar-refractivity contribution in [2.75, 3.05) is 26.3 Å². The molecule has 25 heavy (non-hydrogen) atoms. The fourth-order valence-corrected chi connectivity index (χ4v) is 3.16. The largest absolute Gasteiger partial charge is 0.490 e. The normalized spacial score (nSPS) is 13.9. The Morgan fingerprint density at radius 2 is 2.12 bits per heavy atom. The van der Waals surface area contributed by atoms with Crippen molar-refractivity contribution in [3.8, 4) is 29.9 Å². The Morgan fingerprint density at radius 1 is 1.40 bits per heavy atom. The van der Waals surface area contributed by atoms with Crippen molar-refractivity contribution in [3.05, 3.63) is 27.7 Å². The molecule has 1 aromatic rings. The number of nitriles is 1. The summed E-state index contributed by atoms with van der Waals surface area (Å²) in [6, 6.07) is 5.50. The summed E-state index contributed by atoms with van der Waals surface area (Å²) in [5, 5.41) is 9.38. The number of hydrogen-bond acceptors (Lipinski definition) is 4. The fraction of sp³-hybridized carbons (Fsp3) is 0.368. The van der Waals surface area contributed by atoms with Crippen molar-refractivity contribution in [1.29, 1.82) is 5.26 Å². The molecule has 0 spiro atoms. The Morgan fingerprint density at radius 3 is 2.72 bits per heavy atom. The van der Waals surface area contributed by atoms with Gasteiger partial charge in [-0.05, 0) is 59.5 Å². The first kappa shape index (κ1) is 18.9. The second-order valence-corrected chi connectivity index (χ2v) is 6.28. The van der Waals surface area contributed by atoms with Crippen molar-refractivity contribution >= 4 is 27.9 Å². The Labute approximate surface area is 156 Å². The van der Waals surface area contributed by atoms with Crippen LogP contribution in [0.5, 0.6) is 11.5 Å². The minimum absolute atomic E-state index is 0.105. The molecule has 1 aliphatic rings. The highest BCUT2D eigenvalue weighted by Gasteiger charge is 2.22. The Balaban J connectivity index is 2.35. The van der Waals surface area contributed by atoms with E-state index in [0.717, 1.165) is 12.8 Å². The predicted molar refractivity (Wildman–Crippen MR) is 99.0 cm³/mol. The molecule has 0 N–H and O–H groups in total. The van der Waals surface area contributed by atoms with E-state index in [2.05, 4.69) is 21.9 Å². The zero-order valence-electron chi connectivity index (χ0n) is 14.0. The standard InChI is InChI=1S/C19H19BrN2O3/c1-3-9-25-18-16(20)11-14(12-17(18)24-4-2)10-15(13-21)19(23)22-7-5-6-8-22/h1,10-12H,4-9H2,2H3/b15-10+. The third-order valence-electron chi connectivity index (χ3n) is 3.69. The minimum atomic E-state index is -0.234. The van der Waals surface area contributed by atoms with Gasteiger partial charge in [0, 0.05) is 13.1 Å². The number of carbonyl (C=O) groups is 1. The molecule has 1 saturated heterocycles. The number of amides is 1. The van der Waals surface area contributed by atoms with E-state index in [-0.39, 0.29) is 18.1 Å². The molecule has 0 atom stereocenters. The molecule has 130 valence electrons. The minimum Gasteiger partial charge on any atom is -0.490 e. The Hall–Kier alpha value is -2.44. The average Bonchev–Trinajstić information content (AvgIpc) is 3.13. The molecule has 6 heteroatoms. The molecule has 1 amide bonds. The first-order chi connectivity index (χ1) is 12.1. The van der Waals surface area contributed by atoms with E-state index >= 15 is 0 Å². The van der Waals surface area contributed by atoms with Crippen molar-refractivity contribution in [2.24, 2.45) is 0 Å². The van der Waals surface area contributed by atoms with Crippen LogP contribution in [-0.2, 0) is 4.79 Å². The third kappa shape index (κ3) is 4.78. The van der Waals surface area contributed by atoms with Crippen molar-refractivity contribution < 1.29 is 14.3 Å². The molecule has 1 heterocycles. The summed E-state index contributed by atoms with van der Waals surface area (Å²) in [7, 11) is 0. The van der Waals surface area contributed by atoms with Crippen LogP contribution in [0, 0.1) is 23.7 Å². The van der Waals surface area contributed by atoms with E-state index in [1.54, 1.807) is 23.1 Å². The van der Waals surface area contributed by atoms with Gasteiger partial charge in [-0.1, -0.05) is 5.92 Å².